The predicted octanol–water partition coefficient (Wildman–Crippen LogP) is 1.40. The molecule has 1 atom stereocenters. The lowest BCUT2D eigenvalue weighted by atomic mass is 10.0. The van der Waals surface area contributed by atoms with Gasteiger partial charge < -0.3 is 10.4 Å². The molecule has 0 spiro atoms. The number of hydrogen-bond acceptors (Lipinski definition) is 2. The first-order chi connectivity index (χ1) is 6.47. The van der Waals surface area contributed by atoms with Crippen molar-refractivity contribution in [2.45, 2.75) is 46.1 Å². The van der Waals surface area contributed by atoms with Crippen LogP contribution in [-0.2, 0) is 9.59 Å². The van der Waals surface area contributed by atoms with Crippen LogP contribution in [0, 0.1) is 5.92 Å². The number of carbonyl (C=O) groups is 2. The molecule has 0 bridgehead atoms. The molecule has 0 radical (unpaired) electrons. The fourth-order valence-electron chi connectivity index (χ4n) is 1.19. The summed E-state index contributed by atoms with van der Waals surface area (Å²) in [5.74, 6) is -0.873. The van der Waals surface area contributed by atoms with Crippen LogP contribution in [0.15, 0.2) is 0 Å². The van der Waals surface area contributed by atoms with E-state index in [1.165, 1.54) is 0 Å². The van der Waals surface area contributed by atoms with Crippen molar-refractivity contribution in [3.8, 4) is 0 Å². The molecular weight excluding hydrogens is 182 g/mol. The maximum Gasteiger partial charge on any atom is 0.326 e. The summed E-state index contributed by atoms with van der Waals surface area (Å²) < 4.78 is 0. The zero-order valence-corrected chi connectivity index (χ0v) is 9.04. The van der Waals surface area contributed by atoms with E-state index in [1.54, 1.807) is 0 Å². The third-order valence-corrected chi connectivity index (χ3v) is 1.82. The number of nitrogens with one attached hydrogen (secondary N) is 1. The molecule has 0 aromatic heterocycles. The second-order valence-electron chi connectivity index (χ2n) is 3.84. The van der Waals surface area contributed by atoms with E-state index in [2.05, 4.69) is 5.32 Å². The van der Waals surface area contributed by atoms with Crippen LogP contribution in [-0.4, -0.2) is 23.0 Å². The Morgan fingerprint density at radius 1 is 1.36 bits per heavy atom. The van der Waals surface area contributed by atoms with E-state index in [9.17, 15) is 9.59 Å². The molecule has 0 heterocycles. The van der Waals surface area contributed by atoms with Gasteiger partial charge in [0.15, 0.2) is 0 Å². The molecule has 14 heavy (non-hydrogen) atoms. The van der Waals surface area contributed by atoms with Crippen molar-refractivity contribution in [2.75, 3.05) is 0 Å². The van der Waals surface area contributed by atoms with Crippen molar-refractivity contribution in [3.05, 3.63) is 0 Å². The first-order valence-corrected chi connectivity index (χ1v) is 4.99. The predicted molar refractivity (Wildman–Crippen MR) is 53.9 cm³/mol. The zero-order valence-electron chi connectivity index (χ0n) is 9.04. The number of carboxylic acids is 1. The van der Waals surface area contributed by atoms with Crippen LogP contribution in [0.1, 0.15) is 40.0 Å². The van der Waals surface area contributed by atoms with Crippen molar-refractivity contribution in [2.24, 2.45) is 5.92 Å². The van der Waals surface area contributed by atoms with E-state index < -0.39 is 12.0 Å². The Labute approximate surface area is 84.7 Å². The number of aliphatic carboxylic acids is 1. The number of hydrogen-bond donors (Lipinski definition) is 2. The van der Waals surface area contributed by atoms with E-state index in [1.807, 2.05) is 20.8 Å². The Balaban J connectivity index is 4.09. The molecule has 4 nitrogen and oxygen atoms in total. The highest BCUT2D eigenvalue weighted by atomic mass is 16.4. The third kappa shape index (κ3) is 5.56. The monoisotopic (exact) mass is 201 g/mol. The quantitative estimate of drug-likeness (QED) is 0.682. The highest BCUT2D eigenvalue weighted by Crippen LogP contribution is 2.05. The number of rotatable bonds is 6. The number of amides is 1. The van der Waals surface area contributed by atoms with Crippen molar-refractivity contribution in [1.82, 2.24) is 5.32 Å². The molecule has 0 saturated heterocycles. The summed E-state index contributed by atoms with van der Waals surface area (Å²) in [5.41, 5.74) is 0. The van der Waals surface area contributed by atoms with Crippen LogP contribution in [0.5, 0.6) is 0 Å². The maximum absolute atomic E-state index is 11.2. The molecule has 82 valence electrons. The first-order valence-electron chi connectivity index (χ1n) is 4.99. The molecule has 0 aliphatic rings. The third-order valence-electron chi connectivity index (χ3n) is 1.82. The smallest absolute Gasteiger partial charge is 0.326 e. The van der Waals surface area contributed by atoms with Gasteiger partial charge in [-0.2, -0.15) is 0 Å². The second kappa shape index (κ2) is 6.40. The molecule has 0 unspecified atom stereocenters. The van der Waals surface area contributed by atoms with Gasteiger partial charge in [0, 0.05) is 6.42 Å². The van der Waals surface area contributed by atoms with Crippen LogP contribution in [0.2, 0.25) is 0 Å². The molecule has 0 saturated carbocycles. The van der Waals surface area contributed by atoms with Gasteiger partial charge in [-0.05, 0) is 18.8 Å². The van der Waals surface area contributed by atoms with Gasteiger partial charge in [-0.1, -0.05) is 20.8 Å². The average Bonchev–Trinajstić information content (AvgIpc) is 2.02. The molecule has 4 heteroatoms. The normalized spacial score (nSPS) is 12.6. The second-order valence-corrected chi connectivity index (χ2v) is 3.84. The lowest BCUT2D eigenvalue weighted by Gasteiger charge is -2.16. The van der Waals surface area contributed by atoms with Crippen molar-refractivity contribution >= 4 is 11.9 Å². The SMILES string of the molecule is CCCC(=O)N[C@@H](CC(C)C)C(=O)O. The molecular formula is C10H19NO3. The van der Waals surface area contributed by atoms with Crippen molar-refractivity contribution in [1.29, 1.82) is 0 Å². The summed E-state index contributed by atoms with van der Waals surface area (Å²) in [6.07, 6.45) is 1.60. The van der Waals surface area contributed by atoms with Gasteiger partial charge in [0.25, 0.3) is 0 Å². The van der Waals surface area contributed by atoms with Crippen LogP contribution >= 0.6 is 0 Å². The van der Waals surface area contributed by atoms with E-state index in [0.717, 1.165) is 6.42 Å². The maximum atomic E-state index is 11.2. The molecule has 0 aromatic carbocycles. The Morgan fingerprint density at radius 2 is 1.93 bits per heavy atom. The largest absolute Gasteiger partial charge is 0.480 e. The Hall–Kier alpha value is -1.06. The summed E-state index contributed by atoms with van der Waals surface area (Å²) in [7, 11) is 0. The molecule has 2 N–H and O–H groups in total. The molecule has 0 aliphatic carbocycles. The van der Waals surface area contributed by atoms with E-state index in [0.29, 0.717) is 12.8 Å². The van der Waals surface area contributed by atoms with Gasteiger partial charge >= 0.3 is 5.97 Å². The van der Waals surface area contributed by atoms with Gasteiger partial charge in [0.05, 0.1) is 0 Å². The molecule has 0 fully saturated rings. The Kier molecular flexibility index (Phi) is 5.92. The first kappa shape index (κ1) is 12.9. The Bertz CT molecular complexity index is 202. The number of carboxylic acid groups (broad SMARTS) is 1. The van der Waals surface area contributed by atoms with Crippen LogP contribution in [0.25, 0.3) is 0 Å². The standard InChI is InChI=1S/C10H19NO3/c1-4-5-9(12)11-8(10(13)14)6-7(2)3/h7-8H,4-6H2,1-3H3,(H,11,12)(H,13,14)/t8-/m0/s1. The fraction of sp³-hybridized carbons (Fsp3) is 0.800. The topological polar surface area (TPSA) is 66.4 Å². The van der Waals surface area contributed by atoms with Crippen LogP contribution in [0.4, 0.5) is 0 Å². The summed E-state index contributed by atoms with van der Waals surface area (Å²) >= 11 is 0. The number of carbonyl (C=O) groups excluding carboxylic acids is 1. The fourth-order valence-corrected chi connectivity index (χ4v) is 1.19. The van der Waals surface area contributed by atoms with Crippen molar-refractivity contribution in [3.63, 3.8) is 0 Å². The minimum Gasteiger partial charge on any atom is -0.480 e. The average molecular weight is 201 g/mol. The van der Waals surface area contributed by atoms with Gasteiger partial charge in [-0.15, -0.1) is 0 Å². The summed E-state index contributed by atoms with van der Waals surface area (Å²) in [6.45, 7) is 5.75. The highest BCUT2D eigenvalue weighted by molar-refractivity contribution is 5.83. The minimum absolute atomic E-state index is 0.180. The highest BCUT2D eigenvalue weighted by Gasteiger charge is 2.20. The summed E-state index contributed by atoms with van der Waals surface area (Å²) in [5, 5.41) is 11.3. The zero-order chi connectivity index (χ0) is 11.1. The summed E-state index contributed by atoms with van der Waals surface area (Å²) in [6, 6.07) is -0.742. The van der Waals surface area contributed by atoms with Gasteiger partial charge in [-0.25, -0.2) is 4.79 Å². The summed E-state index contributed by atoms with van der Waals surface area (Å²) in [4.78, 5) is 21.9. The van der Waals surface area contributed by atoms with Gasteiger partial charge in [0.2, 0.25) is 5.91 Å². The molecule has 0 aromatic rings. The van der Waals surface area contributed by atoms with Crippen molar-refractivity contribution < 1.29 is 14.7 Å². The molecule has 0 aliphatic heterocycles. The van der Waals surface area contributed by atoms with Gasteiger partial charge in [0.1, 0.15) is 6.04 Å². The molecule has 1 amide bonds. The van der Waals surface area contributed by atoms with Crippen LogP contribution < -0.4 is 5.32 Å². The van der Waals surface area contributed by atoms with E-state index in [4.69, 9.17) is 5.11 Å². The minimum atomic E-state index is -0.955. The molecule has 0 rings (SSSR count). The van der Waals surface area contributed by atoms with Gasteiger partial charge in [-0.3, -0.25) is 4.79 Å². The lowest BCUT2D eigenvalue weighted by Crippen LogP contribution is -2.41. The van der Waals surface area contributed by atoms with Crippen LogP contribution in [0.3, 0.4) is 0 Å². The Morgan fingerprint density at radius 3 is 2.29 bits per heavy atom. The van der Waals surface area contributed by atoms with E-state index in [-0.39, 0.29) is 11.8 Å². The van der Waals surface area contributed by atoms with E-state index >= 15 is 0 Å². The lowest BCUT2D eigenvalue weighted by molar-refractivity contribution is -0.142.